The summed E-state index contributed by atoms with van der Waals surface area (Å²) >= 11 is 6.21. The predicted molar refractivity (Wildman–Crippen MR) is 91.3 cm³/mol. The molecule has 0 atom stereocenters. The van der Waals surface area contributed by atoms with E-state index in [2.05, 4.69) is 10.5 Å². The van der Waals surface area contributed by atoms with E-state index in [0.717, 1.165) is 0 Å². The van der Waals surface area contributed by atoms with Gasteiger partial charge < -0.3 is 14.0 Å². The molecule has 7 nitrogen and oxygen atoms in total. The second-order valence-electron chi connectivity index (χ2n) is 4.74. The van der Waals surface area contributed by atoms with Crippen LogP contribution in [-0.2, 0) is 7.05 Å². The molecule has 24 heavy (non-hydrogen) atoms. The average molecular weight is 350 g/mol. The van der Waals surface area contributed by atoms with Crippen molar-refractivity contribution in [2.75, 3.05) is 14.2 Å². The third-order valence-corrected chi connectivity index (χ3v) is 3.64. The molecule has 2 rings (SSSR count). The summed E-state index contributed by atoms with van der Waals surface area (Å²) in [5, 5.41) is 4.12. The van der Waals surface area contributed by atoms with Gasteiger partial charge in [-0.05, 0) is 24.3 Å². The molecule has 0 radical (unpaired) electrons. The molecule has 0 unspecified atom stereocenters. The molecule has 0 aliphatic rings. The summed E-state index contributed by atoms with van der Waals surface area (Å²) in [6, 6.07) is 6.36. The monoisotopic (exact) mass is 349 g/mol. The number of aryl methyl sites for hydroxylation is 1. The van der Waals surface area contributed by atoms with Crippen LogP contribution in [0.1, 0.15) is 15.9 Å². The Morgan fingerprint density at radius 1 is 1.29 bits per heavy atom. The van der Waals surface area contributed by atoms with Crippen molar-refractivity contribution >= 4 is 23.7 Å². The van der Waals surface area contributed by atoms with Crippen molar-refractivity contribution < 1.29 is 14.3 Å². The number of ether oxygens (including phenoxy) is 2. The summed E-state index contributed by atoms with van der Waals surface area (Å²) in [7, 11) is 4.53. The maximum absolute atomic E-state index is 12.0. The van der Waals surface area contributed by atoms with Crippen LogP contribution in [0.2, 0.25) is 5.02 Å². The lowest BCUT2D eigenvalue weighted by Crippen LogP contribution is -2.29. The van der Waals surface area contributed by atoms with Gasteiger partial charge in [-0.1, -0.05) is 11.6 Å². The zero-order chi connectivity index (χ0) is 17.7. The van der Waals surface area contributed by atoms with Gasteiger partial charge in [-0.25, -0.2) is 5.43 Å². The summed E-state index contributed by atoms with van der Waals surface area (Å²) in [4.78, 5) is 23.9. The second-order valence-corrected chi connectivity index (χ2v) is 5.12. The van der Waals surface area contributed by atoms with Gasteiger partial charge in [0, 0.05) is 18.8 Å². The highest BCUT2D eigenvalue weighted by Crippen LogP contribution is 2.36. The Morgan fingerprint density at radius 2 is 2.04 bits per heavy atom. The summed E-state index contributed by atoms with van der Waals surface area (Å²) < 4.78 is 11.6. The minimum absolute atomic E-state index is 0.00411. The number of rotatable bonds is 5. The number of carbonyl (C=O) groups excluding carboxylic acids is 1. The molecule has 0 spiro atoms. The van der Waals surface area contributed by atoms with Crippen molar-refractivity contribution in [3.63, 3.8) is 0 Å². The van der Waals surface area contributed by atoms with Gasteiger partial charge in [0.05, 0.1) is 25.5 Å². The van der Waals surface area contributed by atoms with Crippen LogP contribution in [-0.4, -0.2) is 30.9 Å². The van der Waals surface area contributed by atoms with E-state index in [-0.39, 0.29) is 5.56 Å². The average Bonchev–Trinajstić information content (AvgIpc) is 2.58. The van der Waals surface area contributed by atoms with Crippen molar-refractivity contribution in [3.05, 3.63) is 57.0 Å². The van der Waals surface area contributed by atoms with Gasteiger partial charge in [0.2, 0.25) is 0 Å². The van der Waals surface area contributed by atoms with Crippen molar-refractivity contribution in [2.24, 2.45) is 12.1 Å². The molecule has 8 heteroatoms. The number of hydrogen-bond donors (Lipinski definition) is 1. The van der Waals surface area contributed by atoms with Gasteiger partial charge in [0.15, 0.2) is 11.5 Å². The minimum atomic E-state index is -0.607. The van der Waals surface area contributed by atoms with E-state index < -0.39 is 11.5 Å². The van der Waals surface area contributed by atoms with Gasteiger partial charge in [-0.15, -0.1) is 0 Å². The zero-order valence-electron chi connectivity index (χ0n) is 13.4. The van der Waals surface area contributed by atoms with Crippen LogP contribution in [0.15, 0.2) is 40.4 Å². The fourth-order valence-corrected chi connectivity index (χ4v) is 2.28. The van der Waals surface area contributed by atoms with Crippen LogP contribution in [0.3, 0.4) is 0 Å². The molecule has 0 fully saturated rings. The van der Waals surface area contributed by atoms with E-state index >= 15 is 0 Å². The maximum atomic E-state index is 12.0. The predicted octanol–water partition coefficient (Wildman–Crippen LogP) is 1.82. The minimum Gasteiger partial charge on any atom is -0.493 e. The number of hydrogen-bond acceptors (Lipinski definition) is 5. The van der Waals surface area contributed by atoms with E-state index in [0.29, 0.717) is 22.1 Å². The third-order valence-electron chi connectivity index (χ3n) is 3.25. The normalized spacial score (nSPS) is 10.7. The highest BCUT2D eigenvalue weighted by molar-refractivity contribution is 6.34. The van der Waals surface area contributed by atoms with Gasteiger partial charge in [0.1, 0.15) is 5.56 Å². The standard InChI is InChI=1S/C16H16ClN3O4/c1-20-8-4-5-11(16(20)22)15(21)19-18-9-10-6-7-12(23-2)14(24-3)13(10)17/h4-9H,1-3H3,(H,19,21)/b18-9-. The molecule has 0 bridgehead atoms. The molecule has 1 aromatic carbocycles. The fraction of sp³-hybridized carbons (Fsp3) is 0.188. The van der Waals surface area contributed by atoms with Crippen LogP contribution < -0.4 is 20.5 Å². The largest absolute Gasteiger partial charge is 0.493 e. The molecule has 0 saturated carbocycles. The summed E-state index contributed by atoms with van der Waals surface area (Å²) in [6.45, 7) is 0. The molecular formula is C16H16ClN3O4. The van der Waals surface area contributed by atoms with E-state index in [1.54, 1.807) is 31.4 Å². The SMILES string of the molecule is COc1ccc(/C=N\NC(=O)c2cccn(C)c2=O)c(Cl)c1OC. The van der Waals surface area contributed by atoms with Crippen molar-refractivity contribution in [1.82, 2.24) is 9.99 Å². The summed E-state index contributed by atoms with van der Waals surface area (Å²) in [5.41, 5.74) is 2.41. The number of halogens is 1. The van der Waals surface area contributed by atoms with Gasteiger partial charge >= 0.3 is 0 Å². The molecule has 0 aliphatic carbocycles. The number of aromatic nitrogens is 1. The smallest absolute Gasteiger partial charge is 0.276 e. The van der Waals surface area contributed by atoms with Crippen LogP contribution in [0.4, 0.5) is 0 Å². The van der Waals surface area contributed by atoms with E-state index in [9.17, 15) is 9.59 Å². The Kier molecular flexibility index (Phi) is 5.59. The molecule has 0 aliphatic heterocycles. The first-order valence-electron chi connectivity index (χ1n) is 6.89. The number of methoxy groups -OCH3 is 2. The molecule has 2 aromatic rings. The first kappa shape index (κ1) is 17.6. The number of pyridine rings is 1. The van der Waals surface area contributed by atoms with Crippen LogP contribution >= 0.6 is 11.6 Å². The Morgan fingerprint density at radius 3 is 2.71 bits per heavy atom. The Bertz CT molecular complexity index is 846. The van der Waals surface area contributed by atoms with Crippen molar-refractivity contribution in [2.45, 2.75) is 0 Å². The van der Waals surface area contributed by atoms with Crippen LogP contribution in [0, 0.1) is 0 Å². The highest BCUT2D eigenvalue weighted by Gasteiger charge is 2.13. The first-order chi connectivity index (χ1) is 11.5. The zero-order valence-corrected chi connectivity index (χ0v) is 14.1. The summed E-state index contributed by atoms with van der Waals surface area (Å²) in [5.74, 6) is 0.242. The summed E-state index contributed by atoms with van der Waals surface area (Å²) in [6.07, 6.45) is 2.92. The van der Waals surface area contributed by atoms with Crippen molar-refractivity contribution in [1.29, 1.82) is 0 Å². The Hall–Kier alpha value is -2.80. The molecule has 1 heterocycles. The third kappa shape index (κ3) is 3.57. The molecule has 126 valence electrons. The fourth-order valence-electron chi connectivity index (χ4n) is 2.00. The van der Waals surface area contributed by atoms with Crippen LogP contribution in [0.25, 0.3) is 0 Å². The molecule has 0 saturated heterocycles. The molecule has 1 amide bonds. The molecule has 1 N–H and O–H groups in total. The lowest BCUT2D eigenvalue weighted by atomic mass is 10.2. The van der Waals surface area contributed by atoms with E-state index in [1.807, 2.05) is 0 Å². The number of carbonyl (C=O) groups is 1. The Balaban J connectivity index is 2.19. The number of hydrazone groups is 1. The van der Waals surface area contributed by atoms with E-state index in [1.165, 1.54) is 31.1 Å². The number of benzene rings is 1. The lowest BCUT2D eigenvalue weighted by Gasteiger charge is -2.10. The Labute approximate surface area is 143 Å². The quantitative estimate of drug-likeness (QED) is 0.659. The van der Waals surface area contributed by atoms with Gasteiger partial charge in [-0.2, -0.15) is 5.10 Å². The van der Waals surface area contributed by atoms with Gasteiger partial charge in [-0.3, -0.25) is 9.59 Å². The second kappa shape index (κ2) is 7.65. The molecule has 1 aromatic heterocycles. The topological polar surface area (TPSA) is 81.9 Å². The first-order valence-corrected chi connectivity index (χ1v) is 7.27. The number of amides is 1. The lowest BCUT2D eigenvalue weighted by molar-refractivity contribution is 0.0953. The van der Waals surface area contributed by atoms with E-state index in [4.69, 9.17) is 21.1 Å². The van der Waals surface area contributed by atoms with Crippen molar-refractivity contribution in [3.8, 4) is 11.5 Å². The highest BCUT2D eigenvalue weighted by atomic mass is 35.5. The maximum Gasteiger partial charge on any atom is 0.276 e. The van der Waals surface area contributed by atoms with Crippen LogP contribution in [0.5, 0.6) is 11.5 Å². The number of nitrogens with zero attached hydrogens (tertiary/aromatic N) is 2. The number of nitrogens with one attached hydrogen (secondary N) is 1. The van der Waals surface area contributed by atoms with Gasteiger partial charge in [0.25, 0.3) is 11.5 Å². The molecular weight excluding hydrogens is 334 g/mol.